The summed E-state index contributed by atoms with van der Waals surface area (Å²) in [6.07, 6.45) is 4.80. The second kappa shape index (κ2) is 9.78. The maximum absolute atomic E-state index is 12.0. The van der Waals surface area contributed by atoms with Crippen LogP contribution in [0.2, 0.25) is 0 Å². The number of hydrogen-bond acceptors (Lipinski definition) is 5. The van der Waals surface area contributed by atoms with E-state index < -0.39 is 0 Å². The van der Waals surface area contributed by atoms with Crippen LogP contribution >= 0.6 is 0 Å². The molecule has 5 nitrogen and oxygen atoms in total. The van der Waals surface area contributed by atoms with Gasteiger partial charge in [0.2, 0.25) is 0 Å². The molecule has 0 fully saturated rings. The molecule has 0 atom stereocenters. The highest BCUT2D eigenvalue weighted by Gasteiger charge is 2.10. The lowest BCUT2D eigenvalue weighted by Gasteiger charge is -2.06. The summed E-state index contributed by atoms with van der Waals surface area (Å²) in [6.45, 7) is 6.42. The summed E-state index contributed by atoms with van der Waals surface area (Å²) in [5.74, 6) is -0.384. The Morgan fingerprint density at radius 3 is 2.71 bits per heavy atom. The van der Waals surface area contributed by atoms with Crippen molar-refractivity contribution in [2.45, 2.75) is 39.7 Å². The van der Waals surface area contributed by atoms with Gasteiger partial charge in [0.15, 0.2) is 0 Å². The highest BCUT2D eigenvalue weighted by Crippen LogP contribution is 2.15. The first-order chi connectivity index (χ1) is 11.7. The monoisotopic (exact) mass is 327 g/mol. The minimum Gasteiger partial charge on any atom is -0.461 e. The van der Waals surface area contributed by atoms with E-state index in [0.29, 0.717) is 18.0 Å². The van der Waals surface area contributed by atoms with Gasteiger partial charge < -0.3 is 10.1 Å². The van der Waals surface area contributed by atoms with Crippen LogP contribution in [-0.4, -0.2) is 29.1 Å². The van der Waals surface area contributed by atoms with Crippen LogP contribution in [0.4, 0.5) is 0 Å². The number of ether oxygens (including phenoxy) is 1. The van der Waals surface area contributed by atoms with Gasteiger partial charge in [0.1, 0.15) is 5.69 Å². The molecule has 0 radical (unpaired) electrons. The van der Waals surface area contributed by atoms with Crippen LogP contribution in [0.5, 0.6) is 0 Å². The normalized spacial score (nSPS) is 10.6. The van der Waals surface area contributed by atoms with Gasteiger partial charge in [0.25, 0.3) is 0 Å². The molecule has 2 heterocycles. The number of nitrogens with one attached hydrogen (secondary N) is 1. The van der Waals surface area contributed by atoms with E-state index in [-0.39, 0.29) is 5.97 Å². The summed E-state index contributed by atoms with van der Waals surface area (Å²) in [5, 5.41) is 3.34. The number of hydrogen-bond donors (Lipinski definition) is 1. The molecule has 0 aliphatic carbocycles. The molecule has 2 aromatic rings. The van der Waals surface area contributed by atoms with E-state index in [4.69, 9.17) is 4.74 Å². The fraction of sp³-hybridized carbons (Fsp3) is 0.421. The molecule has 0 aliphatic rings. The number of rotatable bonds is 9. The number of carbonyl (C=O) groups excluding carboxylic acids is 1. The van der Waals surface area contributed by atoms with Crippen LogP contribution in [0.15, 0.2) is 36.5 Å². The van der Waals surface area contributed by atoms with E-state index >= 15 is 0 Å². The summed E-state index contributed by atoms with van der Waals surface area (Å²) in [7, 11) is 0. The Labute approximate surface area is 143 Å². The molecule has 2 rings (SSSR count). The molecule has 2 aromatic heterocycles. The quantitative estimate of drug-likeness (QED) is 0.563. The number of nitrogens with zero attached hydrogens (tertiary/aromatic N) is 2. The van der Waals surface area contributed by atoms with Crippen LogP contribution < -0.4 is 5.32 Å². The Kier molecular flexibility index (Phi) is 7.36. The van der Waals surface area contributed by atoms with Crippen molar-refractivity contribution in [1.29, 1.82) is 0 Å². The Morgan fingerprint density at radius 1 is 1.12 bits per heavy atom. The highest BCUT2D eigenvalue weighted by molar-refractivity contribution is 5.87. The predicted octanol–water partition coefficient (Wildman–Crippen LogP) is 3.60. The van der Waals surface area contributed by atoms with Crippen LogP contribution in [0.25, 0.3) is 11.4 Å². The lowest BCUT2D eigenvalue weighted by atomic mass is 10.2. The molecule has 0 saturated carbocycles. The molecule has 5 heteroatoms. The average Bonchev–Trinajstić information content (AvgIpc) is 2.63. The molecule has 0 spiro atoms. The van der Waals surface area contributed by atoms with E-state index in [9.17, 15) is 4.79 Å². The van der Waals surface area contributed by atoms with Crippen LogP contribution in [0.1, 0.15) is 49.2 Å². The zero-order valence-corrected chi connectivity index (χ0v) is 14.4. The Hall–Kier alpha value is -2.27. The Morgan fingerprint density at radius 2 is 2.00 bits per heavy atom. The van der Waals surface area contributed by atoms with Crippen molar-refractivity contribution in [2.75, 3.05) is 13.2 Å². The third-order valence-electron chi connectivity index (χ3n) is 3.53. The van der Waals surface area contributed by atoms with E-state index in [1.165, 1.54) is 0 Å². The molecule has 0 amide bonds. The molecular formula is C19H25N3O2. The fourth-order valence-electron chi connectivity index (χ4n) is 2.16. The maximum Gasteiger partial charge on any atom is 0.356 e. The zero-order chi connectivity index (χ0) is 17.2. The third kappa shape index (κ3) is 5.42. The molecule has 0 saturated heterocycles. The Bertz CT molecular complexity index is 641. The summed E-state index contributed by atoms with van der Waals surface area (Å²) in [5.41, 5.74) is 2.87. The van der Waals surface area contributed by atoms with Crippen molar-refractivity contribution < 1.29 is 9.53 Å². The molecule has 0 aromatic carbocycles. The molecule has 0 aliphatic heterocycles. The van der Waals surface area contributed by atoms with Crippen molar-refractivity contribution in [2.24, 2.45) is 0 Å². The molecule has 1 N–H and O–H groups in total. The number of pyridine rings is 2. The van der Waals surface area contributed by atoms with Gasteiger partial charge in [0.05, 0.1) is 18.0 Å². The van der Waals surface area contributed by atoms with Crippen molar-refractivity contribution >= 4 is 5.97 Å². The number of unbranched alkanes of at least 4 members (excludes halogenated alkanes) is 1. The first-order valence-corrected chi connectivity index (χ1v) is 8.54. The SMILES string of the molecule is CCCCOC(=O)c1cccc(-c2ccc(CNCCC)cn2)n1. The van der Waals surface area contributed by atoms with Gasteiger partial charge in [-0.2, -0.15) is 0 Å². The first kappa shape index (κ1) is 18.1. The summed E-state index contributed by atoms with van der Waals surface area (Å²) >= 11 is 0. The number of carbonyl (C=O) groups is 1. The third-order valence-corrected chi connectivity index (χ3v) is 3.53. The zero-order valence-electron chi connectivity index (χ0n) is 14.4. The predicted molar refractivity (Wildman–Crippen MR) is 94.7 cm³/mol. The topological polar surface area (TPSA) is 64.1 Å². The minimum atomic E-state index is -0.384. The summed E-state index contributed by atoms with van der Waals surface area (Å²) in [4.78, 5) is 20.8. The summed E-state index contributed by atoms with van der Waals surface area (Å²) in [6, 6.07) is 9.27. The highest BCUT2D eigenvalue weighted by atomic mass is 16.5. The lowest BCUT2D eigenvalue weighted by Crippen LogP contribution is -2.13. The van der Waals surface area contributed by atoms with Crippen molar-refractivity contribution in [3.05, 3.63) is 47.8 Å². The van der Waals surface area contributed by atoms with Gasteiger partial charge >= 0.3 is 5.97 Å². The number of aromatic nitrogens is 2. The van der Waals surface area contributed by atoms with Crippen molar-refractivity contribution in [3.8, 4) is 11.4 Å². The van der Waals surface area contributed by atoms with Gasteiger partial charge in [-0.25, -0.2) is 9.78 Å². The smallest absolute Gasteiger partial charge is 0.356 e. The largest absolute Gasteiger partial charge is 0.461 e. The Balaban J connectivity index is 2.03. The van der Waals surface area contributed by atoms with E-state index in [1.54, 1.807) is 12.1 Å². The van der Waals surface area contributed by atoms with Crippen LogP contribution in [0, 0.1) is 0 Å². The minimum absolute atomic E-state index is 0.319. The van der Waals surface area contributed by atoms with Crippen LogP contribution in [0.3, 0.4) is 0 Å². The lowest BCUT2D eigenvalue weighted by molar-refractivity contribution is 0.0493. The van der Waals surface area contributed by atoms with Crippen molar-refractivity contribution in [1.82, 2.24) is 15.3 Å². The molecule has 0 bridgehead atoms. The van der Waals surface area contributed by atoms with E-state index in [1.807, 2.05) is 24.4 Å². The molecule has 128 valence electrons. The van der Waals surface area contributed by atoms with Crippen LogP contribution in [-0.2, 0) is 11.3 Å². The maximum atomic E-state index is 12.0. The van der Waals surface area contributed by atoms with Gasteiger partial charge in [0, 0.05) is 12.7 Å². The van der Waals surface area contributed by atoms with Gasteiger partial charge in [-0.1, -0.05) is 32.4 Å². The number of esters is 1. The van der Waals surface area contributed by atoms with Gasteiger partial charge in [-0.3, -0.25) is 4.98 Å². The van der Waals surface area contributed by atoms with E-state index in [2.05, 4.69) is 29.1 Å². The summed E-state index contributed by atoms with van der Waals surface area (Å²) < 4.78 is 5.20. The van der Waals surface area contributed by atoms with Gasteiger partial charge in [-0.15, -0.1) is 0 Å². The molecule has 24 heavy (non-hydrogen) atoms. The standard InChI is InChI=1S/C19H25N3O2/c1-3-5-12-24-19(23)18-8-6-7-17(22-18)16-10-9-15(14-21-16)13-20-11-4-2/h6-10,14,20H,3-5,11-13H2,1-2H3. The molecule has 0 unspecified atom stereocenters. The van der Waals surface area contributed by atoms with Gasteiger partial charge in [-0.05, 0) is 43.1 Å². The fourth-order valence-corrected chi connectivity index (χ4v) is 2.16. The molecular weight excluding hydrogens is 302 g/mol. The average molecular weight is 327 g/mol. The first-order valence-electron chi connectivity index (χ1n) is 8.54. The second-order valence-corrected chi connectivity index (χ2v) is 5.63. The van der Waals surface area contributed by atoms with E-state index in [0.717, 1.165) is 43.6 Å². The second-order valence-electron chi connectivity index (χ2n) is 5.63. The van der Waals surface area contributed by atoms with Crippen molar-refractivity contribution in [3.63, 3.8) is 0 Å².